The summed E-state index contributed by atoms with van der Waals surface area (Å²) in [5.41, 5.74) is 4.35. The summed E-state index contributed by atoms with van der Waals surface area (Å²) in [6, 6.07) is 15.2. The highest BCUT2D eigenvalue weighted by molar-refractivity contribution is 7.00. The van der Waals surface area contributed by atoms with Gasteiger partial charge in [-0.3, -0.25) is 4.79 Å². The van der Waals surface area contributed by atoms with E-state index < -0.39 is 0 Å². The van der Waals surface area contributed by atoms with Gasteiger partial charge in [0.15, 0.2) is 0 Å². The lowest BCUT2D eigenvalue weighted by atomic mass is 10.2. The number of hydrogen-bond donors (Lipinski definition) is 1. The van der Waals surface area contributed by atoms with Crippen molar-refractivity contribution in [2.75, 3.05) is 5.32 Å². The van der Waals surface area contributed by atoms with E-state index in [0.29, 0.717) is 16.8 Å². The van der Waals surface area contributed by atoms with Crippen molar-refractivity contribution in [2.45, 2.75) is 6.92 Å². The summed E-state index contributed by atoms with van der Waals surface area (Å²) < 4.78 is 10.2. The molecule has 0 fully saturated rings. The second-order valence-electron chi connectivity index (χ2n) is 5.28. The summed E-state index contributed by atoms with van der Waals surface area (Å²) in [5.74, 6) is -0.213. The summed E-state index contributed by atoms with van der Waals surface area (Å²) in [4.78, 5) is 12.6. The van der Waals surface area contributed by atoms with Gasteiger partial charge in [0.2, 0.25) is 0 Å². The van der Waals surface area contributed by atoms with E-state index in [9.17, 15) is 4.79 Å². The van der Waals surface area contributed by atoms with Crippen molar-refractivity contribution in [3.8, 4) is 5.69 Å². The molecular formula is C17H13N5OS. The molecule has 0 bridgehead atoms. The third kappa shape index (κ3) is 2.44. The Morgan fingerprint density at radius 2 is 1.92 bits per heavy atom. The minimum atomic E-state index is -0.213. The van der Waals surface area contributed by atoms with Gasteiger partial charge < -0.3 is 5.32 Å². The Morgan fingerprint density at radius 3 is 2.75 bits per heavy atom. The molecule has 118 valence electrons. The first kappa shape index (κ1) is 14.5. The molecule has 0 spiro atoms. The molecule has 4 rings (SSSR count). The van der Waals surface area contributed by atoms with Gasteiger partial charge >= 0.3 is 0 Å². The van der Waals surface area contributed by atoms with Crippen molar-refractivity contribution in [3.63, 3.8) is 0 Å². The Kier molecular flexibility index (Phi) is 3.55. The lowest BCUT2D eigenvalue weighted by molar-refractivity contribution is 0.102. The molecule has 1 N–H and O–H groups in total. The summed E-state index contributed by atoms with van der Waals surface area (Å²) in [7, 11) is 0. The molecule has 0 aliphatic heterocycles. The molecule has 2 aromatic carbocycles. The number of aromatic nitrogens is 4. The van der Waals surface area contributed by atoms with Gasteiger partial charge in [-0.05, 0) is 31.2 Å². The SMILES string of the molecule is Cc1c(C(=O)Nc2cccc3nsnc23)cnn1-c1ccccc1. The fourth-order valence-electron chi connectivity index (χ4n) is 2.56. The van der Waals surface area contributed by atoms with Gasteiger partial charge in [0.1, 0.15) is 11.0 Å². The van der Waals surface area contributed by atoms with E-state index in [1.807, 2.05) is 55.5 Å². The van der Waals surface area contributed by atoms with Crippen molar-refractivity contribution in [3.05, 3.63) is 66.0 Å². The van der Waals surface area contributed by atoms with E-state index in [4.69, 9.17) is 0 Å². The molecule has 0 saturated carbocycles. The second-order valence-corrected chi connectivity index (χ2v) is 5.81. The van der Waals surface area contributed by atoms with E-state index in [1.165, 1.54) is 0 Å². The van der Waals surface area contributed by atoms with Crippen LogP contribution >= 0.6 is 11.7 Å². The number of amides is 1. The van der Waals surface area contributed by atoms with Gasteiger partial charge in [-0.15, -0.1) is 0 Å². The fraction of sp³-hybridized carbons (Fsp3) is 0.0588. The number of fused-ring (bicyclic) bond motifs is 1. The summed E-state index contributed by atoms with van der Waals surface area (Å²) in [6.07, 6.45) is 1.58. The first-order chi connectivity index (χ1) is 11.7. The number of hydrogen-bond acceptors (Lipinski definition) is 5. The first-order valence-corrected chi connectivity index (χ1v) is 8.10. The van der Waals surface area contributed by atoms with Crippen LogP contribution in [-0.4, -0.2) is 24.4 Å². The number of para-hydroxylation sites is 1. The van der Waals surface area contributed by atoms with Gasteiger partial charge in [0.25, 0.3) is 5.91 Å². The molecule has 4 aromatic rings. The molecule has 0 aliphatic rings. The van der Waals surface area contributed by atoms with E-state index in [0.717, 1.165) is 28.6 Å². The Labute approximate surface area is 142 Å². The predicted octanol–water partition coefficient (Wildman–Crippen LogP) is 3.44. The summed E-state index contributed by atoms with van der Waals surface area (Å²) in [6.45, 7) is 1.87. The smallest absolute Gasteiger partial charge is 0.259 e. The molecule has 2 heterocycles. The van der Waals surface area contributed by atoms with Crippen LogP contribution in [0.5, 0.6) is 0 Å². The zero-order valence-electron chi connectivity index (χ0n) is 12.8. The number of benzene rings is 2. The fourth-order valence-corrected chi connectivity index (χ4v) is 3.11. The third-order valence-corrected chi connectivity index (χ3v) is 4.33. The predicted molar refractivity (Wildman–Crippen MR) is 93.7 cm³/mol. The minimum absolute atomic E-state index is 0.213. The lowest BCUT2D eigenvalue weighted by Gasteiger charge is -2.07. The summed E-state index contributed by atoms with van der Waals surface area (Å²) in [5, 5.41) is 7.24. The highest BCUT2D eigenvalue weighted by Crippen LogP contribution is 2.22. The normalized spacial score (nSPS) is 10.9. The molecule has 7 heteroatoms. The number of nitrogens with zero attached hydrogens (tertiary/aromatic N) is 4. The number of carbonyl (C=O) groups excluding carboxylic acids is 1. The molecule has 0 saturated heterocycles. The Bertz CT molecular complexity index is 1020. The Hall–Kier alpha value is -3.06. The van der Waals surface area contributed by atoms with Crippen molar-refractivity contribution in [2.24, 2.45) is 0 Å². The number of carbonyl (C=O) groups is 1. The monoisotopic (exact) mass is 335 g/mol. The van der Waals surface area contributed by atoms with Crippen LogP contribution in [0.15, 0.2) is 54.7 Å². The number of anilines is 1. The minimum Gasteiger partial charge on any atom is -0.320 e. The van der Waals surface area contributed by atoms with Crippen LogP contribution < -0.4 is 5.32 Å². The molecule has 0 aliphatic carbocycles. The number of nitrogens with one attached hydrogen (secondary N) is 1. The van der Waals surface area contributed by atoms with Crippen LogP contribution in [0.3, 0.4) is 0 Å². The van der Waals surface area contributed by atoms with Gasteiger partial charge in [-0.1, -0.05) is 24.3 Å². The maximum Gasteiger partial charge on any atom is 0.259 e. The average molecular weight is 335 g/mol. The molecule has 0 unspecified atom stereocenters. The largest absolute Gasteiger partial charge is 0.320 e. The number of rotatable bonds is 3. The van der Waals surface area contributed by atoms with Gasteiger partial charge in [0, 0.05) is 0 Å². The molecule has 2 aromatic heterocycles. The maximum absolute atomic E-state index is 12.6. The average Bonchev–Trinajstić information content (AvgIpc) is 3.23. The van der Waals surface area contributed by atoms with Crippen LogP contribution in [0.1, 0.15) is 16.1 Å². The first-order valence-electron chi connectivity index (χ1n) is 7.37. The van der Waals surface area contributed by atoms with E-state index >= 15 is 0 Å². The van der Waals surface area contributed by atoms with E-state index in [2.05, 4.69) is 19.2 Å². The highest BCUT2D eigenvalue weighted by atomic mass is 32.1. The van der Waals surface area contributed by atoms with Gasteiger partial charge in [-0.2, -0.15) is 13.8 Å². The van der Waals surface area contributed by atoms with Crippen molar-refractivity contribution >= 4 is 34.4 Å². The Balaban J connectivity index is 1.66. The lowest BCUT2D eigenvalue weighted by Crippen LogP contribution is -2.13. The van der Waals surface area contributed by atoms with Crippen LogP contribution in [0.2, 0.25) is 0 Å². The third-order valence-electron chi connectivity index (χ3n) is 3.79. The zero-order chi connectivity index (χ0) is 16.5. The van der Waals surface area contributed by atoms with Crippen LogP contribution in [0.25, 0.3) is 16.7 Å². The van der Waals surface area contributed by atoms with Gasteiger partial charge in [0.05, 0.1) is 40.6 Å². The molecule has 0 atom stereocenters. The van der Waals surface area contributed by atoms with Crippen LogP contribution in [0.4, 0.5) is 5.69 Å². The molecule has 24 heavy (non-hydrogen) atoms. The topological polar surface area (TPSA) is 72.7 Å². The molecule has 1 amide bonds. The highest BCUT2D eigenvalue weighted by Gasteiger charge is 2.16. The van der Waals surface area contributed by atoms with Crippen LogP contribution in [-0.2, 0) is 0 Å². The van der Waals surface area contributed by atoms with Gasteiger partial charge in [-0.25, -0.2) is 4.68 Å². The quantitative estimate of drug-likeness (QED) is 0.622. The Morgan fingerprint density at radius 1 is 1.08 bits per heavy atom. The molecular weight excluding hydrogens is 322 g/mol. The van der Waals surface area contributed by atoms with Crippen molar-refractivity contribution in [1.29, 1.82) is 0 Å². The molecule has 0 radical (unpaired) electrons. The standard InChI is InChI=1S/C17H13N5OS/c1-11-13(10-18-22(11)12-6-3-2-4-7-12)17(23)19-14-8-5-9-15-16(14)21-24-20-15/h2-10H,1H3,(H,19,23). The zero-order valence-corrected chi connectivity index (χ0v) is 13.6. The van der Waals surface area contributed by atoms with Crippen molar-refractivity contribution < 1.29 is 4.79 Å². The van der Waals surface area contributed by atoms with E-state index in [1.54, 1.807) is 10.9 Å². The van der Waals surface area contributed by atoms with Crippen LogP contribution in [0, 0.1) is 6.92 Å². The summed E-state index contributed by atoms with van der Waals surface area (Å²) >= 11 is 1.13. The van der Waals surface area contributed by atoms with Crippen molar-refractivity contribution in [1.82, 2.24) is 18.5 Å². The van der Waals surface area contributed by atoms with E-state index in [-0.39, 0.29) is 5.91 Å². The molecule has 6 nitrogen and oxygen atoms in total. The maximum atomic E-state index is 12.6. The second kappa shape index (κ2) is 5.86.